The van der Waals surface area contributed by atoms with Crippen molar-refractivity contribution >= 4 is 23.4 Å². The molecule has 1 aliphatic rings. The molecule has 1 aromatic carbocycles. The van der Waals surface area contributed by atoms with Crippen molar-refractivity contribution in [1.82, 2.24) is 15.5 Å². The van der Waals surface area contributed by atoms with Gasteiger partial charge in [-0.1, -0.05) is 61.5 Å². The molecular weight excluding hydrogens is 458 g/mol. The maximum atomic E-state index is 13.0. The molecule has 1 aromatic rings. The Bertz CT molecular complexity index is 908. The van der Waals surface area contributed by atoms with Gasteiger partial charge in [-0.05, 0) is 38.3 Å². The Kier molecular flexibility index (Phi) is 18.5. The lowest BCUT2D eigenvalue weighted by Crippen LogP contribution is -2.33. The molecule has 2 rings (SSSR count). The molecule has 0 saturated carbocycles. The zero-order valence-electron chi connectivity index (χ0n) is 24.3. The fourth-order valence-electron chi connectivity index (χ4n) is 3.07. The number of imide groups is 1. The lowest BCUT2D eigenvalue weighted by molar-refractivity contribution is -0.117. The standard InChI is InChI=1S/C21H29N5O4.3C2H6/c1-7-22-18(27)17(19(30-6)23-8-2)25-24-16-13(5)9-10-14-15(16)21(29)26(20(14)28)11-12(3)4;3*1-2/h9-10,12,23H,7-8,11H2,1-6H3,(H,22,27);3*1-2H3/b19-17-,25-24?;;;. The monoisotopic (exact) mass is 505 g/mol. The molecule has 3 amide bonds. The van der Waals surface area contributed by atoms with Crippen LogP contribution in [0.25, 0.3) is 0 Å². The van der Waals surface area contributed by atoms with E-state index >= 15 is 0 Å². The summed E-state index contributed by atoms with van der Waals surface area (Å²) in [7, 11) is 1.42. The summed E-state index contributed by atoms with van der Waals surface area (Å²) in [4.78, 5) is 39.4. The van der Waals surface area contributed by atoms with E-state index in [1.807, 2.05) is 62.3 Å². The zero-order valence-corrected chi connectivity index (χ0v) is 24.3. The number of nitrogens with one attached hydrogen (secondary N) is 2. The molecule has 0 atom stereocenters. The van der Waals surface area contributed by atoms with Gasteiger partial charge in [-0.2, -0.15) is 0 Å². The Morgan fingerprint density at radius 3 is 2.00 bits per heavy atom. The largest absolute Gasteiger partial charge is 0.481 e. The van der Waals surface area contributed by atoms with Crippen molar-refractivity contribution in [2.45, 2.75) is 76.2 Å². The second kappa shape index (κ2) is 19.0. The molecule has 2 N–H and O–H groups in total. The maximum absolute atomic E-state index is 13.0. The van der Waals surface area contributed by atoms with Gasteiger partial charge in [-0.25, -0.2) is 0 Å². The highest BCUT2D eigenvalue weighted by Crippen LogP contribution is 2.35. The van der Waals surface area contributed by atoms with Crippen LogP contribution in [0.2, 0.25) is 0 Å². The van der Waals surface area contributed by atoms with Crippen LogP contribution in [-0.2, 0) is 9.53 Å². The molecule has 1 aliphatic heterocycles. The summed E-state index contributed by atoms with van der Waals surface area (Å²) in [5.74, 6) is -0.905. The first-order valence-electron chi connectivity index (χ1n) is 13.0. The number of amides is 3. The third-order valence-electron chi connectivity index (χ3n) is 4.42. The summed E-state index contributed by atoms with van der Waals surface area (Å²) >= 11 is 0. The highest BCUT2D eigenvalue weighted by atomic mass is 16.5. The Morgan fingerprint density at radius 1 is 0.972 bits per heavy atom. The lowest BCUT2D eigenvalue weighted by atomic mass is 10.0. The third kappa shape index (κ3) is 9.09. The number of nitrogens with zero attached hydrogens (tertiary/aromatic N) is 3. The van der Waals surface area contributed by atoms with Gasteiger partial charge >= 0.3 is 0 Å². The minimum Gasteiger partial charge on any atom is -0.481 e. The first-order chi connectivity index (χ1) is 17.3. The quantitative estimate of drug-likeness (QED) is 0.186. The van der Waals surface area contributed by atoms with Gasteiger partial charge in [0.15, 0.2) is 0 Å². The van der Waals surface area contributed by atoms with E-state index in [0.717, 1.165) is 0 Å². The Morgan fingerprint density at radius 2 is 1.53 bits per heavy atom. The molecule has 0 spiro atoms. The van der Waals surface area contributed by atoms with Crippen LogP contribution < -0.4 is 10.6 Å². The van der Waals surface area contributed by atoms with Crippen LogP contribution >= 0.6 is 0 Å². The van der Waals surface area contributed by atoms with Gasteiger partial charge in [0.05, 0.1) is 18.2 Å². The van der Waals surface area contributed by atoms with Crippen molar-refractivity contribution < 1.29 is 19.1 Å². The number of benzene rings is 1. The Labute approximate surface area is 217 Å². The summed E-state index contributed by atoms with van der Waals surface area (Å²) in [5, 5.41) is 13.9. The number of methoxy groups -OCH3 is 1. The molecular formula is C27H47N5O4. The molecule has 0 aliphatic carbocycles. The second-order valence-corrected chi connectivity index (χ2v) is 7.24. The molecule has 0 radical (unpaired) electrons. The van der Waals surface area contributed by atoms with Crippen LogP contribution in [0.15, 0.2) is 33.9 Å². The summed E-state index contributed by atoms with van der Waals surface area (Å²) in [5.41, 5.74) is 1.40. The third-order valence-corrected chi connectivity index (χ3v) is 4.42. The lowest BCUT2D eigenvalue weighted by Gasteiger charge is -2.16. The Hall–Kier alpha value is -3.23. The van der Waals surface area contributed by atoms with Crippen molar-refractivity contribution in [3.05, 3.63) is 40.4 Å². The van der Waals surface area contributed by atoms with Crippen molar-refractivity contribution in [1.29, 1.82) is 0 Å². The van der Waals surface area contributed by atoms with Gasteiger partial charge in [-0.15, -0.1) is 10.2 Å². The molecule has 0 bridgehead atoms. The number of hydrogen-bond acceptors (Lipinski definition) is 7. The van der Waals surface area contributed by atoms with E-state index in [2.05, 4.69) is 20.9 Å². The molecule has 1 heterocycles. The first kappa shape index (κ1) is 34.9. The van der Waals surface area contributed by atoms with E-state index in [-0.39, 0.29) is 34.7 Å². The van der Waals surface area contributed by atoms with Gasteiger partial charge < -0.3 is 15.4 Å². The zero-order chi connectivity index (χ0) is 28.4. The van der Waals surface area contributed by atoms with Crippen LogP contribution in [0.5, 0.6) is 0 Å². The van der Waals surface area contributed by atoms with E-state index in [1.165, 1.54) is 12.0 Å². The highest BCUT2D eigenvalue weighted by Gasteiger charge is 2.38. The topological polar surface area (TPSA) is 112 Å². The molecule has 0 fully saturated rings. The molecule has 0 saturated heterocycles. The highest BCUT2D eigenvalue weighted by molar-refractivity contribution is 6.23. The number of azo groups is 1. The van der Waals surface area contributed by atoms with Gasteiger partial charge in [0, 0.05) is 19.6 Å². The normalized spacial score (nSPS) is 12.4. The minimum absolute atomic E-state index is 0.0472. The average Bonchev–Trinajstić information content (AvgIpc) is 3.12. The second-order valence-electron chi connectivity index (χ2n) is 7.24. The van der Waals surface area contributed by atoms with Gasteiger partial charge in [0.2, 0.25) is 11.6 Å². The molecule has 9 heteroatoms. The first-order valence-corrected chi connectivity index (χ1v) is 13.0. The van der Waals surface area contributed by atoms with Crippen LogP contribution in [0.4, 0.5) is 5.69 Å². The van der Waals surface area contributed by atoms with Crippen LogP contribution in [-0.4, -0.2) is 49.4 Å². The number of carbonyl (C=O) groups excluding carboxylic acids is 3. The average molecular weight is 506 g/mol. The Balaban J connectivity index is 0. The van der Waals surface area contributed by atoms with Crippen molar-refractivity contribution in [2.75, 3.05) is 26.7 Å². The number of likely N-dealkylation sites (N-methyl/N-ethyl adjacent to an activating group) is 1. The summed E-state index contributed by atoms with van der Waals surface area (Å²) < 4.78 is 5.26. The van der Waals surface area contributed by atoms with Crippen LogP contribution in [0.3, 0.4) is 0 Å². The number of hydrogen-bond donors (Lipinski definition) is 2. The van der Waals surface area contributed by atoms with E-state index in [1.54, 1.807) is 26.0 Å². The summed E-state index contributed by atoms with van der Waals surface area (Å²) in [6.07, 6.45) is 0. The number of ether oxygens (including phenoxy) is 1. The van der Waals surface area contributed by atoms with Gasteiger partial charge in [0.1, 0.15) is 5.69 Å². The fourth-order valence-corrected chi connectivity index (χ4v) is 3.07. The minimum atomic E-state index is -0.465. The van der Waals surface area contributed by atoms with Crippen LogP contribution in [0, 0.1) is 12.8 Å². The molecule has 0 unspecified atom stereocenters. The number of carbonyl (C=O) groups is 3. The molecule has 204 valence electrons. The predicted octanol–water partition coefficient (Wildman–Crippen LogP) is 5.97. The van der Waals surface area contributed by atoms with Gasteiger partial charge in [-0.3, -0.25) is 19.3 Å². The molecule has 0 aromatic heterocycles. The van der Waals surface area contributed by atoms with Gasteiger partial charge in [0.25, 0.3) is 17.7 Å². The number of rotatable bonds is 9. The van der Waals surface area contributed by atoms with E-state index < -0.39 is 11.8 Å². The van der Waals surface area contributed by atoms with Crippen molar-refractivity contribution in [3.63, 3.8) is 0 Å². The SMILES string of the molecule is CC.CC.CC.CCNC(=O)/C(N=Nc1c(C)ccc2c1C(=O)N(CC(C)C)C2=O)=C(\NCC)OC. The van der Waals surface area contributed by atoms with E-state index in [9.17, 15) is 14.4 Å². The number of fused-ring (bicyclic) bond motifs is 1. The van der Waals surface area contributed by atoms with Crippen molar-refractivity contribution in [3.8, 4) is 0 Å². The van der Waals surface area contributed by atoms with Crippen LogP contribution in [0.1, 0.15) is 95.5 Å². The summed E-state index contributed by atoms with van der Waals surface area (Å²) in [6.45, 7) is 22.5. The van der Waals surface area contributed by atoms with Crippen molar-refractivity contribution in [2.24, 2.45) is 16.1 Å². The number of aryl methyl sites for hydroxylation is 1. The fraction of sp³-hybridized carbons (Fsp3) is 0.593. The molecule has 9 nitrogen and oxygen atoms in total. The van der Waals surface area contributed by atoms with E-state index in [4.69, 9.17) is 4.74 Å². The summed E-state index contributed by atoms with van der Waals surface area (Å²) in [6, 6.07) is 3.35. The predicted molar refractivity (Wildman–Crippen MR) is 146 cm³/mol. The van der Waals surface area contributed by atoms with E-state index in [0.29, 0.717) is 30.8 Å². The maximum Gasteiger partial charge on any atom is 0.277 e. The molecule has 36 heavy (non-hydrogen) atoms. The smallest absolute Gasteiger partial charge is 0.277 e.